The van der Waals surface area contributed by atoms with E-state index in [4.69, 9.17) is 0 Å². The number of hydrogen-bond donors (Lipinski definition) is 1. The number of aromatic amines is 1. The lowest BCUT2D eigenvalue weighted by molar-refractivity contribution is 1.43. The van der Waals surface area contributed by atoms with Crippen molar-refractivity contribution in [1.82, 2.24) is 4.98 Å². The molecule has 0 fully saturated rings. The zero-order valence-electron chi connectivity index (χ0n) is 9.44. The van der Waals surface area contributed by atoms with Crippen LogP contribution in [0.2, 0.25) is 0 Å². The first kappa shape index (κ1) is 11.1. The predicted molar refractivity (Wildman–Crippen MR) is 76.1 cm³/mol. The molecule has 86 valence electrons. The monoisotopic (exact) mass is 296 g/mol. The van der Waals surface area contributed by atoms with Gasteiger partial charge in [-0.25, -0.2) is 0 Å². The molecule has 3 heteroatoms. The lowest BCUT2D eigenvalue weighted by atomic mass is 10.1. The number of nitrogens with zero attached hydrogens (tertiary/aromatic N) is 1. The molecule has 2 nitrogen and oxygen atoms in total. The van der Waals surface area contributed by atoms with Crippen LogP contribution in [0.3, 0.4) is 0 Å². The highest BCUT2D eigenvalue weighted by Crippen LogP contribution is 2.30. The largest absolute Gasteiger partial charge is 0.353 e. The van der Waals surface area contributed by atoms with Gasteiger partial charge in [0.15, 0.2) is 0 Å². The molecule has 0 radical (unpaired) electrons. The number of nitrogens with one attached hydrogen (secondary N) is 1. The summed E-state index contributed by atoms with van der Waals surface area (Å²) in [4.78, 5) is 3.32. The minimum Gasteiger partial charge on any atom is -0.353 e. The van der Waals surface area contributed by atoms with Gasteiger partial charge in [0.25, 0.3) is 0 Å². The van der Waals surface area contributed by atoms with Gasteiger partial charge in [-0.1, -0.05) is 52.3 Å². The van der Waals surface area contributed by atoms with Crippen LogP contribution in [0.25, 0.3) is 22.2 Å². The smallest absolute Gasteiger partial charge is 0.102 e. The summed E-state index contributed by atoms with van der Waals surface area (Å²) in [5.41, 5.74) is 3.58. The number of rotatable bonds is 1. The molecule has 0 atom stereocenters. The first-order valence-electron chi connectivity index (χ1n) is 5.56. The van der Waals surface area contributed by atoms with E-state index in [1.807, 2.05) is 48.5 Å². The second-order valence-electron chi connectivity index (χ2n) is 4.04. The zero-order chi connectivity index (χ0) is 12.5. The van der Waals surface area contributed by atoms with Crippen molar-refractivity contribution in [1.29, 1.82) is 5.26 Å². The molecule has 0 saturated heterocycles. The molecular weight excluding hydrogens is 288 g/mol. The van der Waals surface area contributed by atoms with Crippen LogP contribution in [0.4, 0.5) is 0 Å². The molecule has 0 spiro atoms. The van der Waals surface area contributed by atoms with Crippen molar-refractivity contribution >= 4 is 26.8 Å². The molecule has 0 bridgehead atoms. The minimum atomic E-state index is 0.698. The Hall–Kier alpha value is -2.05. The third kappa shape index (κ3) is 1.71. The van der Waals surface area contributed by atoms with Gasteiger partial charge in [-0.3, -0.25) is 0 Å². The Labute approximate surface area is 113 Å². The van der Waals surface area contributed by atoms with Gasteiger partial charge in [0, 0.05) is 15.4 Å². The Morgan fingerprint density at radius 2 is 1.83 bits per heavy atom. The third-order valence-corrected chi connectivity index (χ3v) is 3.43. The SMILES string of the molecule is N#Cc1c(-c2ccccc2)[nH]c2cc(Br)ccc12. The fraction of sp³-hybridized carbons (Fsp3) is 0. The summed E-state index contributed by atoms with van der Waals surface area (Å²) in [5, 5.41) is 10.3. The number of nitriles is 1. The Morgan fingerprint density at radius 3 is 2.56 bits per heavy atom. The van der Waals surface area contributed by atoms with Gasteiger partial charge < -0.3 is 4.98 Å². The summed E-state index contributed by atoms with van der Waals surface area (Å²) >= 11 is 3.44. The molecule has 0 saturated carbocycles. The average molecular weight is 297 g/mol. The second-order valence-corrected chi connectivity index (χ2v) is 4.96. The minimum absolute atomic E-state index is 0.698. The summed E-state index contributed by atoms with van der Waals surface area (Å²) in [6.45, 7) is 0. The molecule has 1 heterocycles. The molecule has 2 aromatic carbocycles. The molecule has 1 aromatic heterocycles. The Kier molecular flexibility index (Phi) is 2.66. The average Bonchev–Trinajstić information content (AvgIpc) is 2.77. The second kappa shape index (κ2) is 4.32. The van der Waals surface area contributed by atoms with Gasteiger partial charge in [0.05, 0.1) is 11.3 Å². The highest BCUT2D eigenvalue weighted by molar-refractivity contribution is 9.10. The van der Waals surface area contributed by atoms with Gasteiger partial charge in [-0.05, 0) is 17.7 Å². The normalized spacial score (nSPS) is 10.4. The summed E-state index contributed by atoms with van der Waals surface area (Å²) in [5.74, 6) is 0. The maximum atomic E-state index is 9.35. The molecular formula is C15H9BrN2. The van der Waals surface area contributed by atoms with Crippen LogP contribution in [0.15, 0.2) is 53.0 Å². The standard InChI is InChI=1S/C15H9BrN2/c16-11-6-7-12-13(9-17)15(18-14(12)8-11)10-4-2-1-3-5-10/h1-8,18H. The van der Waals surface area contributed by atoms with Crippen LogP contribution in [0, 0.1) is 11.3 Å². The Morgan fingerprint density at radius 1 is 1.06 bits per heavy atom. The van der Waals surface area contributed by atoms with Crippen LogP contribution in [0.1, 0.15) is 5.56 Å². The molecule has 0 aliphatic heterocycles. The molecule has 3 aromatic rings. The van der Waals surface area contributed by atoms with Crippen LogP contribution in [-0.2, 0) is 0 Å². The molecule has 0 amide bonds. The van der Waals surface area contributed by atoms with E-state index >= 15 is 0 Å². The van der Waals surface area contributed by atoms with Crippen molar-refractivity contribution < 1.29 is 0 Å². The van der Waals surface area contributed by atoms with Gasteiger partial charge >= 0.3 is 0 Å². The van der Waals surface area contributed by atoms with Crippen molar-refractivity contribution in [2.24, 2.45) is 0 Å². The summed E-state index contributed by atoms with van der Waals surface area (Å²) in [7, 11) is 0. The quantitative estimate of drug-likeness (QED) is 0.707. The number of halogens is 1. The van der Waals surface area contributed by atoms with E-state index in [1.165, 1.54) is 0 Å². The molecule has 0 aliphatic carbocycles. The summed E-state index contributed by atoms with van der Waals surface area (Å²) in [6, 6.07) is 18.1. The topological polar surface area (TPSA) is 39.6 Å². The fourth-order valence-corrected chi connectivity index (χ4v) is 2.47. The molecule has 1 N–H and O–H groups in total. The number of benzene rings is 2. The van der Waals surface area contributed by atoms with E-state index in [0.29, 0.717) is 5.56 Å². The number of fused-ring (bicyclic) bond motifs is 1. The third-order valence-electron chi connectivity index (χ3n) is 2.93. The zero-order valence-corrected chi connectivity index (χ0v) is 11.0. The maximum absolute atomic E-state index is 9.35. The lowest BCUT2D eigenvalue weighted by Crippen LogP contribution is -1.80. The van der Waals surface area contributed by atoms with Crippen LogP contribution >= 0.6 is 15.9 Å². The predicted octanol–water partition coefficient (Wildman–Crippen LogP) is 4.47. The molecule has 3 rings (SSSR count). The van der Waals surface area contributed by atoms with E-state index in [9.17, 15) is 5.26 Å². The van der Waals surface area contributed by atoms with Crippen molar-refractivity contribution in [3.05, 3.63) is 58.6 Å². The van der Waals surface area contributed by atoms with Gasteiger partial charge in [-0.2, -0.15) is 5.26 Å². The van der Waals surface area contributed by atoms with Gasteiger partial charge in [0.2, 0.25) is 0 Å². The van der Waals surface area contributed by atoms with E-state index in [-0.39, 0.29) is 0 Å². The number of H-pyrrole nitrogens is 1. The Balaban J connectivity index is 2.34. The van der Waals surface area contributed by atoms with E-state index in [0.717, 1.165) is 26.6 Å². The van der Waals surface area contributed by atoms with Crippen LogP contribution < -0.4 is 0 Å². The van der Waals surface area contributed by atoms with Crippen molar-refractivity contribution in [3.63, 3.8) is 0 Å². The first-order valence-corrected chi connectivity index (χ1v) is 6.35. The first-order chi connectivity index (χ1) is 8.79. The summed E-state index contributed by atoms with van der Waals surface area (Å²) in [6.07, 6.45) is 0. The van der Waals surface area contributed by atoms with Gasteiger partial charge in [-0.15, -0.1) is 0 Å². The Bertz CT molecular complexity index is 751. The highest BCUT2D eigenvalue weighted by atomic mass is 79.9. The number of aromatic nitrogens is 1. The molecule has 0 aliphatic rings. The van der Waals surface area contributed by atoms with Crippen LogP contribution in [0.5, 0.6) is 0 Å². The molecule has 18 heavy (non-hydrogen) atoms. The lowest BCUT2D eigenvalue weighted by Gasteiger charge is -1.97. The van der Waals surface area contributed by atoms with Crippen molar-refractivity contribution in [3.8, 4) is 17.3 Å². The van der Waals surface area contributed by atoms with E-state index < -0.39 is 0 Å². The van der Waals surface area contributed by atoms with E-state index in [1.54, 1.807) is 0 Å². The van der Waals surface area contributed by atoms with Crippen LogP contribution in [-0.4, -0.2) is 4.98 Å². The number of hydrogen-bond acceptors (Lipinski definition) is 1. The van der Waals surface area contributed by atoms with Crippen molar-refractivity contribution in [2.75, 3.05) is 0 Å². The fourth-order valence-electron chi connectivity index (χ4n) is 2.11. The maximum Gasteiger partial charge on any atom is 0.102 e. The summed E-state index contributed by atoms with van der Waals surface area (Å²) < 4.78 is 1.00. The van der Waals surface area contributed by atoms with E-state index in [2.05, 4.69) is 27.0 Å². The van der Waals surface area contributed by atoms with Crippen molar-refractivity contribution in [2.45, 2.75) is 0 Å². The van der Waals surface area contributed by atoms with Gasteiger partial charge in [0.1, 0.15) is 6.07 Å². The highest BCUT2D eigenvalue weighted by Gasteiger charge is 2.12. The molecule has 0 unspecified atom stereocenters.